The summed E-state index contributed by atoms with van der Waals surface area (Å²) in [7, 11) is 0. The number of carbonyl (C=O) groups excluding carboxylic acids is 1. The van der Waals surface area contributed by atoms with Gasteiger partial charge in [-0.3, -0.25) is 4.79 Å². The number of rotatable bonds is 12. The summed E-state index contributed by atoms with van der Waals surface area (Å²) in [6.45, 7) is 4.89. The first-order chi connectivity index (χ1) is 19.0. The minimum absolute atomic E-state index is 0.0457. The number of piperidine rings is 1. The minimum atomic E-state index is -4.20. The van der Waals surface area contributed by atoms with Crippen LogP contribution in [0.2, 0.25) is 0 Å². The molecule has 3 rings (SSSR count). The van der Waals surface area contributed by atoms with Crippen molar-refractivity contribution in [2.45, 2.75) is 106 Å². The Morgan fingerprint density at radius 1 is 1.10 bits per heavy atom. The first-order valence-electron chi connectivity index (χ1n) is 14.8. The molecule has 3 fully saturated rings. The fourth-order valence-electron chi connectivity index (χ4n) is 6.32. The van der Waals surface area contributed by atoms with E-state index >= 15 is 0 Å². The van der Waals surface area contributed by atoms with Crippen molar-refractivity contribution >= 4 is 17.7 Å². The summed E-state index contributed by atoms with van der Waals surface area (Å²) in [5.41, 5.74) is -0.717. The van der Waals surface area contributed by atoms with Gasteiger partial charge in [0.05, 0.1) is 18.6 Å². The highest BCUT2D eigenvalue weighted by molar-refractivity contribution is 7.99. The molecule has 0 saturated carbocycles. The van der Waals surface area contributed by atoms with Crippen molar-refractivity contribution in [1.82, 2.24) is 20.9 Å². The number of likely N-dealkylation sites (tertiary alicyclic amines) is 1. The SMILES string of the molecule is CCCN1CCC(C(NC(=O)[C@@H]2CC[C@H](CCCNCC(F)(F)F)CCN2)[C@H]2OC(SC)[C@H](O)C(O)C2O)CC1. The van der Waals surface area contributed by atoms with E-state index in [0.717, 1.165) is 58.2 Å². The second-order valence-corrected chi connectivity index (χ2v) is 12.5. The average molecular weight is 599 g/mol. The van der Waals surface area contributed by atoms with Crippen molar-refractivity contribution < 1.29 is 38.0 Å². The van der Waals surface area contributed by atoms with Crippen LogP contribution in [0.25, 0.3) is 0 Å². The van der Waals surface area contributed by atoms with Crippen LogP contribution in [0, 0.1) is 11.8 Å². The molecule has 0 aromatic rings. The average Bonchev–Trinajstić information content (AvgIpc) is 3.17. The maximum Gasteiger partial charge on any atom is 0.401 e. The van der Waals surface area contributed by atoms with Crippen LogP contribution in [0.1, 0.15) is 58.3 Å². The van der Waals surface area contributed by atoms with Gasteiger partial charge >= 0.3 is 6.18 Å². The number of ether oxygens (including phenoxy) is 1. The number of aliphatic hydroxyl groups is 3. The molecule has 0 aliphatic carbocycles. The van der Waals surface area contributed by atoms with E-state index in [1.165, 1.54) is 11.8 Å². The molecule has 3 aliphatic heterocycles. The van der Waals surface area contributed by atoms with Gasteiger partial charge in [-0.15, -0.1) is 11.8 Å². The van der Waals surface area contributed by atoms with E-state index in [0.29, 0.717) is 31.8 Å². The summed E-state index contributed by atoms with van der Waals surface area (Å²) < 4.78 is 43.1. The summed E-state index contributed by atoms with van der Waals surface area (Å²) in [5.74, 6) is 0.203. The Kier molecular flexibility index (Phi) is 13.7. The van der Waals surface area contributed by atoms with Crippen molar-refractivity contribution in [2.24, 2.45) is 11.8 Å². The third-order valence-electron chi connectivity index (χ3n) is 8.60. The molecular weight excluding hydrogens is 549 g/mol. The number of nitrogens with zero attached hydrogens (tertiary/aromatic N) is 1. The number of halogens is 3. The zero-order chi connectivity index (χ0) is 29.3. The highest BCUT2D eigenvalue weighted by Gasteiger charge is 2.49. The summed E-state index contributed by atoms with van der Waals surface area (Å²) in [6.07, 6.45) is -0.814. The van der Waals surface area contributed by atoms with E-state index in [-0.39, 0.29) is 11.8 Å². The lowest BCUT2D eigenvalue weighted by atomic mass is 9.82. The predicted octanol–water partition coefficient (Wildman–Crippen LogP) is 1.45. The van der Waals surface area contributed by atoms with Crippen molar-refractivity contribution in [3.8, 4) is 0 Å². The third kappa shape index (κ3) is 9.96. The van der Waals surface area contributed by atoms with Gasteiger partial charge < -0.3 is 40.9 Å². The molecule has 4 unspecified atom stereocenters. The Morgan fingerprint density at radius 3 is 2.48 bits per heavy atom. The van der Waals surface area contributed by atoms with E-state index in [1.807, 2.05) is 0 Å². The summed E-state index contributed by atoms with van der Waals surface area (Å²) in [4.78, 5) is 16.0. The number of hydrogen-bond acceptors (Lipinski definition) is 9. The Labute approximate surface area is 240 Å². The Hall–Kier alpha value is -0.670. The van der Waals surface area contributed by atoms with Crippen LogP contribution in [0.3, 0.4) is 0 Å². The van der Waals surface area contributed by atoms with Crippen molar-refractivity contribution in [2.75, 3.05) is 45.5 Å². The van der Waals surface area contributed by atoms with Gasteiger partial charge in [-0.1, -0.05) is 6.92 Å². The molecule has 3 heterocycles. The zero-order valence-corrected chi connectivity index (χ0v) is 24.6. The molecule has 0 aromatic carbocycles. The highest BCUT2D eigenvalue weighted by atomic mass is 32.2. The molecule has 3 aliphatic rings. The number of alkyl halides is 3. The lowest BCUT2D eigenvalue weighted by Gasteiger charge is -2.46. The molecule has 40 heavy (non-hydrogen) atoms. The van der Waals surface area contributed by atoms with Gasteiger partial charge in [0, 0.05) is 0 Å². The first-order valence-corrected chi connectivity index (χ1v) is 16.1. The van der Waals surface area contributed by atoms with Gasteiger partial charge in [0.1, 0.15) is 29.9 Å². The van der Waals surface area contributed by atoms with Gasteiger partial charge in [0.2, 0.25) is 5.91 Å². The molecule has 0 bridgehead atoms. The molecule has 0 aromatic heterocycles. The van der Waals surface area contributed by atoms with Crippen LogP contribution in [-0.2, 0) is 9.53 Å². The van der Waals surface area contributed by atoms with Crippen LogP contribution in [-0.4, -0.2) is 120 Å². The molecule has 1 amide bonds. The van der Waals surface area contributed by atoms with Crippen LogP contribution < -0.4 is 16.0 Å². The molecule has 9 nitrogen and oxygen atoms in total. The monoisotopic (exact) mass is 598 g/mol. The maximum atomic E-state index is 13.6. The zero-order valence-electron chi connectivity index (χ0n) is 23.7. The third-order valence-corrected chi connectivity index (χ3v) is 9.45. The lowest BCUT2D eigenvalue weighted by molar-refractivity contribution is -0.209. The van der Waals surface area contributed by atoms with Crippen LogP contribution in [0.15, 0.2) is 0 Å². The van der Waals surface area contributed by atoms with Gasteiger partial charge in [-0.2, -0.15) is 13.2 Å². The van der Waals surface area contributed by atoms with Crippen molar-refractivity contribution in [3.05, 3.63) is 0 Å². The molecule has 13 heteroatoms. The number of carbonyl (C=O) groups is 1. The normalized spacial score (nSPS) is 33.9. The number of aliphatic hydroxyl groups excluding tert-OH is 3. The first kappa shape index (κ1) is 33.8. The number of amides is 1. The second-order valence-electron chi connectivity index (χ2n) is 11.6. The van der Waals surface area contributed by atoms with Gasteiger partial charge in [-0.25, -0.2) is 0 Å². The molecule has 3 saturated heterocycles. The van der Waals surface area contributed by atoms with Gasteiger partial charge in [0.15, 0.2) is 0 Å². The number of thioether (sulfide) groups is 1. The van der Waals surface area contributed by atoms with Crippen molar-refractivity contribution in [1.29, 1.82) is 0 Å². The van der Waals surface area contributed by atoms with Gasteiger partial charge in [-0.05, 0) is 102 Å². The Balaban J connectivity index is 1.60. The Morgan fingerprint density at radius 2 is 1.82 bits per heavy atom. The molecule has 0 spiro atoms. The maximum absolute atomic E-state index is 13.6. The Bertz CT molecular complexity index is 760. The topological polar surface area (TPSA) is 126 Å². The molecule has 234 valence electrons. The standard InChI is InChI=1S/C27H49F3N4O5S/c1-3-13-34-14-9-18(10-15-34)20(24-22(36)21(35)23(37)26(39-24)40-2)33-25(38)19-7-6-17(8-12-32-19)5-4-11-31-16-27(28,29)30/h17-24,26,31-32,35-37H,3-16H2,1-2H3,(H,33,38)/t17-,19-,20?,21?,22?,23+,24+,26?/m0/s1. The molecule has 0 radical (unpaired) electrons. The molecule has 8 atom stereocenters. The smallest absolute Gasteiger partial charge is 0.388 e. The van der Waals surface area contributed by atoms with E-state index in [1.54, 1.807) is 6.26 Å². The van der Waals surface area contributed by atoms with Gasteiger partial charge in [0.25, 0.3) is 0 Å². The lowest BCUT2D eigenvalue weighted by Crippen LogP contribution is -2.65. The minimum Gasteiger partial charge on any atom is -0.388 e. The number of hydrogen-bond donors (Lipinski definition) is 6. The summed E-state index contributed by atoms with van der Waals surface area (Å²) in [5, 5.41) is 40.8. The molecule has 6 N–H and O–H groups in total. The van der Waals surface area contributed by atoms with Crippen molar-refractivity contribution in [3.63, 3.8) is 0 Å². The van der Waals surface area contributed by atoms with E-state index < -0.39 is 54.7 Å². The van der Waals surface area contributed by atoms with Crippen LogP contribution in [0.4, 0.5) is 13.2 Å². The number of nitrogens with one attached hydrogen (secondary N) is 3. The van der Waals surface area contributed by atoms with E-state index in [4.69, 9.17) is 4.74 Å². The molecular formula is C27H49F3N4O5S. The van der Waals surface area contributed by atoms with E-state index in [9.17, 15) is 33.3 Å². The predicted molar refractivity (Wildman–Crippen MR) is 149 cm³/mol. The van der Waals surface area contributed by atoms with E-state index in [2.05, 4.69) is 27.8 Å². The highest BCUT2D eigenvalue weighted by Crippen LogP contribution is 2.33. The largest absolute Gasteiger partial charge is 0.401 e. The summed E-state index contributed by atoms with van der Waals surface area (Å²) >= 11 is 1.26. The second kappa shape index (κ2) is 16.3. The fraction of sp³-hybridized carbons (Fsp3) is 0.963. The fourth-order valence-corrected chi connectivity index (χ4v) is 7.00. The summed E-state index contributed by atoms with van der Waals surface area (Å²) in [6, 6.07) is -0.952. The van der Waals surface area contributed by atoms with Crippen LogP contribution >= 0.6 is 11.8 Å². The quantitative estimate of drug-likeness (QED) is 0.185. The van der Waals surface area contributed by atoms with Crippen LogP contribution in [0.5, 0.6) is 0 Å².